The summed E-state index contributed by atoms with van der Waals surface area (Å²) in [6.07, 6.45) is -2.43. The summed E-state index contributed by atoms with van der Waals surface area (Å²) < 4.78 is 37.6. The Morgan fingerprint density at radius 3 is 2.06 bits per heavy atom. The van der Waals surface area contributed by atoms with Crippen molar-refractivity contribution < 1.29 is 13.2 Å². The van der Waals surface area contributed by atoms with Gasteiger partial charge < -0.3 is 5.73 Å². The Balaban J connectivity index is 2.83. The standard InChI is InChI=1S/C11H21F3N2/c1-8(2)10(3,6-15)16(9-4-5-9)7-11(12,13)14/h8-9H,4-7,15H2,1-3H3. The smallest absolute Gasteiger partial charge is 0.329 e. The van der Waals surface area contributed by atoms with E-state index in [0.717, 1.165) is 12.8 Å². The van der Waals surface area contributed by atoms with Crippen LogP contribution in [0.25, 0.3) is 0 Å². The molecule has 5 heteroatoms. The van der Waals surface area contributed by atoms with Gasteiger partial charge in [-0.25, -0.2) is 0 Å². The second-order valence-corrected chi connectivity index (χ2v) is 5.19. The number of hydrogen-bond donors (Lipinski definition) is 1. The first-order chi connectivity index (χ1) is 7.20. The van der Waals surface area contributed by atoms with E-state index in [1.807, 2.05) is 20.8 Å². The Labute approximate surface area is 95.0 Å². The van der Waals surface area contributed by atoms with Crippen LogP contribution in [0.3, 0.4) is 0 Å². The zero-order valence-corrected chi connectivity index (χ0v) is 10.1. The molecule has 1 unspecified atom stereocenters. The summed E-state index contributed by atoms with van der Waals surface area (Å²) in [6, 6.07) is 0.0672. The van der Waals surface area contributed by atoms with Gasteiger partial charge in [0.05, 0.1) is 6.54 Å². The van der Waals surface area contributed by atoms with E-state index in [0.29, 0.717) is 0 Å². The molecule has 0 spiro atoms. The second-order valence-electron chi connectivity index (χ2n) is 5.19. The molecule has 0 saturated heterocycles. The van der Waals surface area contributed by atoms with Gasteiger partial charge in [-0.1, -0.05) is 13.8 Å². The second kappa shape index (κ2) is 4.53. The normalized spacial score (nSPS) is 21.6. The van der Waals surface area contributed by atoms with E-state index >= 15 is 0 Å². The first-order valence-electron chi connectivity index (χ1n) is 5.74. The summed E-state index contributed by atoms with van der Waals surface area (Å²) in [7, 11) is 0. The van der Waals surface area contributed by atoms with Crippen molar-refractivity contribution in [3.05, 3.63) is 0 Å². The molecule has 2 nitrogen and oxygen atoms in total. The minimum atomic E-state index is -4.14. The molecular formula is C11H21F3N2. The molecule has 1 saturated carbocycles. The molecule has 0 aliphatic heterocycles. The van der Waals surface area contributed by atoms with Crippen molar-refractivity contribution in [2.24, 2.45) is 11.7 Å². The number of nitrogens with two attached hydrogens (primary N) is 1. The molecule has 0 heterocycles. The van der Waals surface area contributed by atoms with Gasteiger partial charge in [0, 0.05) is 18.1 Å². The highest BCUT2D eigenvalue weighted by Gasteiger charge is 2.47. The molecular weight excluding hydrogens is 217 g/mol. The van der Waals surface area contributed by atoms with Crippen molar-refractivity contribution in [2.45, 2.75) is 51.4 Å². The minimum Gasteiger partial charge on any atom is -0.329 e. The van der Waals surface area contributed by atoms with Gasteiger partial charge in [-0.15, -0.1) is 0 Å². The Kier molecular flexibility index (Phi) is 3.90. The largest absolute Gasteiger partial charge is 0.401 e. The van der Waals surface area contributed by atoms with Gasteiger partial charge in [0.15, 0.2) is 0 Å². The summed E-state index contributed by atoms with van der Waals surface area (Å²) >= 11 is 0. The van der Waals surface area contributed by atoms with Gasteiger partial charge in [0.2, 0.25) is 0 Å². The Hall–Kier alpha value is -0.290. The van der Waals surface area contributed by atoms with E-state index in [9.17, 15) is 13.2 Å². The summed E-state index contributed by atoms with van der Waals surface area (Å²) in [5.74, 6) is 0.112. The van der Waals surface area contributed by atoms with Crippen molar-refractivity contribution in [2.75, 3.05) is 13.1 Å². The van der Waals surface area contributed by atoms with E-state index in [1.54, 1.807) is 4.90 Å². The molecule has 0 aromatic carbocycles. The maximum Gasteiger partial charge on any atom is 0.401 e. The van der Waals surface area contributed by atoms with E-state index in [1.165, 1.54) is 0 Å². The monoisotopic (exact) mass is 238 g/mol. The number of rotatable bonds is 5. The zero-order chi connectivity index (χ0) is 12.6. The third-order valence-electron chi connectivity index (χ3n) is 3.65. The quantitative estimate of drug-likeness (QED) is 0.796. The molecule has 0 aromatic rings. The highest BCUT2D eigenvalue weighted by atomic mass is 19.4. The van der Waals surface area contributed by atoms with Gasteiger partial charge in [-0.3, -0.25) is 4.90 Å². The predicted molar refractivity (Wildman–Crippen MR) is 58.1 cm³/mol. The summed E-state index contributed by atoms with van der Waals surface area (Å²) in [4.78, 5) is 1.55. The Morgan fingerprint density at radius 1 is 1.31 bits per heavy atom. The lowest BCUT2D eigenvalue weighted by atomic mass is 9.86. The minimum absolute atomic E-state index is 0.0672. The van der Waals surface area contributed by atoms with E-state index in [4.69, 9.17) is 5.73 Å². The van der Waals surface area contributed by atoms with Crippen LogP contribution in [0.15, 0.2) is 0 Å². The summed E-state index contributed by atoms with van der Waals surface area (Å²) in [6.45, 7) is 5.11. The van der Waals surface area contributed by atoms with Crippen LogP contribution in [0.1, 0.15) is 33.6 Å². The van der Waals surface area contributed by atoms with Crippen molar-refractivity contribution in [3.8, 4) is 0 Å². The van der Waals surface area contributed by atoms with E-state index in [-0.39, 0.29) is 18.5 Å². The van der Waals surface area contributed by atoms with E-state index < -0.39 is 18.3 Å². The molecule has 1 rings (SSSR count). The third kappa shape index (κ3) is 3.10. The zero-order valence-electron chi connectivity index (χ0n) is 10.1. The maximum absolute atomic E-state index is 12.5. The lowest BCUT2D eigenvalue weighted by Crippen LogP contribution is -2.58. The van der Waals surface area contributed by atoms with Crippen molar-refractivity contribution in [1.29, 1.82) is 0 Å². The molecule has 0 amide bonds. The van der Waals surface area contributed by atoms with Crippen molar-refractivity contribution >= 4 is 0 Å². The molecule has 2 N–H and O–H groups in total. The first-order valence-corrected chi connectivity index (χ1v) is 5.74. The molecule has 1 aliphatic rings. The van der Waals surface area contributed by atoms with Crippen LogP contribution in [-0.2, 0) is 0 Å². The van der Waals surface area contributed by atoms with Crippen LogP contribution in [0.4, 0.5) is 13.2 Å². The molecule has 1 atom stereocenters. The SMILES string of the molecule is CC(C)C(C)(CN)N(CC(F)(F)F)C1CC1. The summed E-state index contributed by atoms with van der Waals surface area (Å²) in [5.41, 5.74) is 5.13. The van der Waals surface area contributed by atoms with Crippen LogP contribution in [-0.4, -0.2) is 35.7 Å². The fourth-order valence-corrected chi connectivity index (χ4v) is 1.99. The Bertz CT molecular complexity index is 236. The van der Waals surface area contributed by atoms with Gasteiger partial charge in [0.25, 0.3) is 0 Å². The average Bonchev–Trinajstić information content (AvgIpc) is 2.94. The van der Waals surface area contributed by atoms with Gasteiger partial charge >= 0.3 is 6.18 Å². The molecule has 16 heavy (non-hydrogen) atoms. The lowest BCUT2D eigenvalue weighted by Gasteiger charge is -2.44. The topological polar surface area (TPSA) is 29.3 Å². The van der Waals surface area contributed by atoms with Gasteiger partial charge in [0.1, 0.15) is 0 Å². The number of alkyl halides is 3. The third-order valence-corrected chi connectivity index (χ3v) is 3.65. The molecule has 0 radical (unpaired) electrons. The van der Waals surface area contributed by atoms with E-state index in [2.05, 4.69) is 0 Å². The fraction of sp³-hybridized carbons (Fsp3) is 1.00. The number of hydrogen-bond acceptors (Lipinski definition) is 2. The van der Waals surface area contributed by atoms with Crippen LogP contribution < -0.4 is 5.73 Å². The Morgan fingerprint density at radius 2 is 1.81 bits per heavy atom. The number of nitrogens with zero attached hydrogens (tertiary/aromatic N) is 1. The van der Waals surface area contributed by atoms with Crippen molar-refractivity contribution in [1.82, 2.24) is 4.90 Å². The molecule has 96 valence electrons. The van der Waals surface area contributed by atoms with Crippen molar-refractivity contribution in [3.63, 3.8) is 0 Å². The van der Waals surface area contributed by atoms with Gasteiger partial charge in [-0.05, 0) is 25.7 Å². The fourth-order valence-electron chi connectivity index (χ4n) is 1.99. The van der Waals surface area contributed by atoms with Crippen LogP contribution in [0.5, 0.6) is 0 Å². The highest BCUT2D eigenvalue weighted by molar-refractivity contribution is 4.99. The van der Waals surface area contributed by atoms with Crippen LogP contribution in [0, 0.1) is 5.92 Å². The highest BCUT2D eigenvalue weighted by Crippen LogP contribution is 2.38. The summed E-state index contributed by atoms with van der Waals surface area (Å²) in [5, 5.41) is 0. The average molecular weight is 238 g/mol. The molecule has 1 fully saturated rings. The first kappa shape index (κ1) is 13.8. The molecule has 0 aromatic heterocycles. The number of halogens is 3. The molecule has 0 bridgehead atoms. The van der Waals surface area contributed by atoms with Crippen LogP contribution >= 0.6 is 0 Å². The predicted octanol–water partition coefficient (Wildman–Crippen LogP) is 2.39. The molecule has 1 aliphatic carbocycles. The maximum atomic E-state index is 12.5. The van der Waals surface area contributed by atoms with Gasteiger partial charge in [-0.2, -0.15) is 13.2 Å². The van der Waals surface area contributed by atoms with Crippen LogP contribution in [0.2, 0.25) is 0 Å². The lowest BCUT2D eigenvalue weighted by molar-refractivity contribution is -0.163.